The van der Waals surface area contributed by atoms with Crippen LogP contribution in [0.3, 0.4) is 0 Å². The fourth-order valence-electron chi connectivity index (χ4n) is 4.37. The topological polar surface area (TPSA) is 87.8 Å². The minimum absolute atomic E-state index is 0.140. The first-order valence-corrected chi connectivity index (χ1v) is 11.7. The van der Waals surface area contributed by atoms with Gasteiger partial charge in [0.2, 0.25) is 0 Å². The summed E-state index contributed by atoms with van der Waals surface area (Å²) < 4.78 is 42.1. The second-order valence-corrected chi connectivity index (χ2v) is 9.18. The van der Waals surface area contributed by atoms with E-state index >= 15 is 0 Å². The molecule has 1 saturated heterocycles. The molecule has 3 aromatic heterocycles. The van der Waals surface area contributed by atoms with E-state index in [1.165, 1.54) is 12.1 Å². The highest BCUT2D eigenvalue weighted by Gasteiger charge is 2.30. The zero-order valence-electron chi connectivity index (χ0n) is 19.4. The number of fused-ring (bicyclic) bond motifs is 1. The molecular weight excluding hydrogens is 454 g/mol. The molecule has 8 nitrogen and oxygen atoms in total. The van der Waals surface area contributed by atoms with Gasteiger partial charge in [-0.15, -0.1) is 0 Å². The Balaban J connectivity index is 1.43. The fourth-order valence-corrected chi connectivity index (χ4v) is 4.37. The van der Waals surface area contributed by atoms with Gasteiger partial charge >= 0.3 is 0 Å². The van der Waals surface area contributed by atoms with E-state index < -0.39 is 11.6 Å². The van der Waals surface area contributed by atoms with E-state index in [1.807, 2.05) is 30.9 Å². The summed E-state index contributed by atoms with van der Waals surface area (Å²) in [4.78, 5) is 18.6. The van der Waals surface area contributed by atoms with E-state index in [-0.39, 0.29) is 30.1 Å². The van der Waals surface area contributed by atoms with Crippen LogP contribution in [0, 0.1) is 25.5 Å². The van der Waals surface area contributed by atoms with Crippen molar-refractivity contribution in [2.75, 3.05) is 13.4 Å². The van der Waals surface area contributed by atoms with Gasteiger partial charge in [-0.25, -0.2) is 28.7 Å². The average Bonchev–Trinajstić information content (AvgIpc) is 3.62. The molecule has 4 aromatic rings. The zero-order chi connectivity index (χ0) is 24.1. The van der Waals surface area contributed by atoms with Crippen molar-refractivity contribution >= 4 is 11.2 Å². The van der Waals surface area contributed by atoms with Crippen molar-refractivity contribution in [3.8, 4) is 11.3 Å². The molecule has 1 aliphatic heterocycles. The largest absolute Gasteiger partial charge is 0.355 e. The van der Waals surface area contributed by atoms with Crippen LogP contribution in [0.4, 0.5) is 8.78 Å². The Hall–Kier alpha value is -3.37. The summed E-state index contributed by atoms with van der Waals surface area (Å²) >= 11 is 0. The quantitative estimate of drug-likeness (QED) is 0.419. The first-order valence-electron chi connectivity index (χ1n) is 11.7. The summed E-state index contributed by atoms with van der Waals surface area (Å²) in [6, 6.07) is 3.89. The number of ether oxygens (including phenoxy) is 2. The van der Waals surface area contributed by atoms with Crippen molar-refractivity contribution in [2.24, 2.45) is 0 Å². The second kappa shape index (κ2) is 8.69. The molecule has 4 heterocycles. The lowest BCUT2D eigenvalue weighted by atomic mass is 9.98. The lowest BCUT2D eigenvalue weighted by molar-refractivity contribution is -0.0689. The number of hydrogen-bond donors (Lipinski definition) is 0. The van der Waals surface area contributed by atoms with Crippen molar-refractivity contribution in [1.82, 2.24) is 29.7 Å². The summed E-state index contributed by atoms with van der Waals surface area (Å²) in [6.45, 7) is 4.14. The normalized spacial score (nSPS) is 20.8. The molecule has 1 aliphatic carbocycles. The smallest absolute Gasteiger partial charge is 0.182 e. The number of nitrogens with zero attached hydrogens (tertiary/aromatic N) is 6. The lowest BCUT2D eigenvalue weighted by Gasteiger charge is -2.18. The third-order valence-electron chi connectivity index (χ3n) is 6.60. The van der Waals surface area contributed by atoms with Gasteiger partial charge in [-0.05, 0) is 45.2 Å². The number of halogens is 2. The third-order valence-corrected chi connectivity index (χ3v) is 6.60. The lowest BCUT2D eigenvalue weighted by Crippen LogP contribution is -2.14. The predicted molar refractivity (Wildman–Crippen MR) is 122 cm³/mol. The van der Waals surface area contributed by atoms with E-state index in [0.29, 0.717) is 41.8 Å². The van der Waals surface area contributed by atoms with Gasteiger partial charge in [0.15, 0.2) is 5.65 Å². The van der Waals surface area contributed by atoms with Crippen molar-refractivity contribution in [2.45, 2.75) is 51.2 Å². The average molecular weight is 479 g/mol. The van der Waals surface area contributed by atoms with Crippen molar-refractivity contribution < 1.29 is 18.3 Å². The SMILES string of the molecule is Cc1nc2nc([C@@H]3COCO[C@H](c4cnn(C5CC5)c4)C3)nc(-c3ccc(F)cc3F)c2nc1C. The molecule has 2 aliphatic rings. The Morgan fingerprint density at radius 1 is 1.03 bits per heavy atom. The molecule has 0 spiro atoms. The van der Waals surface area contributed by atoms with Gasteiger partial charge in [0, 0.05) is 29.3 Å². The minimum atomic E-state index is -0.721. The number of rotatable bonds is 4. The van der Waals surface area contributed by atoms with Crippen molar-refractivity contribution in [3.63, 3.8) is 0 Å². The number of benzene rings is 1. The van der Waals surface area contributed by atoms with E-state index in [4.69, 9.17) is 19.4 Å². The molecule has 6 rings (SSSR count). The Kier molecular flexibility index (Phi) is 5.49. The van der Waals surface area contributed by atoms with Crippen molar-refractivity contribution in [1.29, 1.82) is 0 Å². The molecule has 0 radical (unpaired) electrons. The molecule has 0 amide bonds. The van der Waals surface area contributed by atoms with Crippen LogP contribution in [0.25, 0.3) is 22.4 Å². The number of aryl methyl sites for hydroxylation is 2. The highest BCUT2D eigenvalue weighted by Crippen LogP contribution is 2.38. The monoisotopic (exact) mass is 478 g/mol. The van der Waals surface area contributed by atoms with Gasteiger partial charge in [-0.1, -0.05) is 0 Å². The Morgan fingerprint density at radius 3 is 2.66 bits per heavy atom. The molecule has 1 saturated carbocycles. The molecular formula is C25H24F2N6O2. The van der Waals surface area contributed by atoms with Gasteiger partial charge in [0.1, 0.15) is 35.5 Å². The summed E-state index contributed by atoms with van der Waals surface area (Å²) in [7, 11) is 0. The van der Waals surface area contributed by atoms with Crippen molar-refractivity contribution in [3.05, 3.63) is 65.0 Å². The summed E-state index contributed by atoms with van der Waals surface area (Å²) in [6.07, 6.45) is 6.47. The molecule has 180 valence electrons. The van der Waals surface area contributed by atoms with Crippen LogP contribution in [-0.2, 0) is 9.47 Å². The Morgan fingerprint density at radius 2 is 1.86 bits per heavy atom. The summed E-state index contributed by atoms with van der Waals surface area (Å²) in [5.41, 5.74) is 3.54. The Bertz CT molecular complexity index is 1420. The van der Waals surface area contributed by atoms with Crippen LogP contribution in [0.5, 0.6) is 0 Å². The molecule has 1 aromatic carbocycles. The highest BCUT2D eigenvalue weighted by molar-refractivity contribution is 5.87. The second-order valence-electron chi connectivity index (χ2n) is 9.18. The Labute approximate surface area is 200 Å². The maximum absolute atomic E-state index is 14.8. The molecule has 10 heteroatoms. The maximum atomic E-state index is 14.8. The van der Waals surface area contributed by atoms with Crippen LogP contribution >= 0.6 is 0 Å². The molecule has 0 N–H and O–H groups in total. The van der Waals surface area contributed by atoms with E-state index in [2.05, 4.69) is 15.1 Å². The summed E-state index contributed by atoms with van der Waals surface area (Å²) in [5, 5.41) is 4.49. The van der Waals surface area contributed by atoms with Gasteiger partial charge in [-0.2, -0.15) is 5.10 Å². The van der Waals surface area contributed by atoms with Gasteiger partial charge in [0.05, 0.1) is 36.3 Å². The van der Waals surface area contributed by atoms with Crippen LogP contribution in [0.15, 0.2) is 30.6 Å². The fraction of sp³-hybridized carbons (Fsp3) is 0.400. The van der Waals surface area contributed by atoms with E-state index in [1.54, 1.807) is 0 Å². The van der Waals surface area contributed by atoms with Crippen LogP contribution < -0.4 is 0 Å². The van der Waals surface area contributed by atoms with Crippen LogP contribution in [0.2, 0.25) is 0 Å². The number of aromatic nitrogens is 6. The standard InChI is InChI=1S/C25H24F2N6O2/c1-13-14(2)30-25-23(29-13)22(19-6-3-17(26)8-20(19)27)31-24(32-25)15-7-21(35-12-34-11-15)16-9-28-33(10-16)18-4-5-18/h3,6,8-10,15,18,21H,4-5,7,11-12H2,1-2H3/t15-,21-/m0/s1. The summed E-state index contributed by atoms with van der Waals surface area (Å²) in [5.74, 6) is -1.16. The minimum Gasteiger partial charge on any atom is -0.355 e. The molecule has 2 fully saturated rings. The molecule has 0 bridgehead atoms. The first kappa shape index (κ1) is 22.1. The number of hydrogen-bond acceptors (Lipinski definition) is 7. The zero-order valence-corrected chi connectivity index (χ0v) is 19.4. The van der Waals surface area contributed by atoms with Crippen LogP contribution in [0.1, 0.15) is 60.1 Å². The maximum Gasteiger partial charge on any atom is 0.182 e. The first-order chi connectivity index (χ1) is 17.0. The predicted octanol–water partition coefficient (Wildman–Crippen LogP) is 4.73. The van der Waals surface area contributed by atoms with Gasteiger partial charge in [0.25, 0.3) is 0 Å². The molecule has 35 heavy (non-hydrogen) atoms. The third kappa shape index (κ3) is 4.28. The molecule has 2 atom stereocenters. The van der Waals surface area contributed by atoms with Gasteiger partial charge < -0.3 is 9.47 Å². The highest BCUT2D eigenvalue weighted by atomic mass is 19.1. The van der Waals surface area contributed by atoms with E-state index in [9.17, 15) is 8.78 Å². The van der Waals surface area contributed by atoms with Crippen LogP contribution in [-0.4, -0.2) is 43.1 Å². The molecule has 0 unspecified atom stereocenters. The van der Waals surface area contributed by atoms with E-state index in [0.717, 1.165) is 30.2 Å². The van der Waals surface area contributed by atoms with Gasteiger partial charge in [-0.3, -0.25) is 4.68 Å².